The van der Waals surface area contributed by atoms with Crippen LogP contribution < -0.4 is 0 Å². The minimum absolute atomic E-state index is 0.0566. The number of benzene rings is 1. The van der Waals surface area contributed by atoms with Crippen LogP contribution in [0.3, 0.4) is 0 Å². The molecule has 4 nitrogen and oxygen atoms in total. The molecule has 2 bridgehead atoms. The molecule has 0 amide bonds. The number of fused-ring (bicyclic) bond motifs is 5. The van der Waals surface area contributed by atoms with Crippen LogP contribution in [0, 0.1) is 31.1 Å². The fraction of sp³-hybridized carbons (Fsp3) is 0.583. The van der Waals surface area contributed by atoms with Crippen molar-refractivity contribution in [3.8, 4) is 5.75 Å². The van der Waals surface area contributed by atoms with Gasteiger partial charge < -0.3 is 9.84 Å². The van der Waals surface area contributed by atoms with Crippen molar-refractivity contribution in [1.29, 1.82) is 0 Å². The van der Waals surface area contributed by atoms with Crippen LogP contribution in [-0.2, 0) is 14.3 Å². The summed E-state index contributed by atoms with van der Waals surface area (Å²) in [5.41, 5.74) is 2.37. The number of aryl methyl sites for hydroxylation is 2. The molecule has 0 aliphatic heterocycles. The second-order valence-corrected chi connectivity index (χ2v) is 9.61. The zero-order valence-corrected chi connectivity index (χ0v) is 17.7. The number of phenols is 1. The Labute approximate surface area is 168 Å². The van der Waals surface area contributed by atoms with Crippen LogP contribution in [0.15, 0.2) is 17.9 Å². The lowest BCUT2D eigenvalue weighted by atomic mass is 9.79. The second-order valence-electron chi connectivity index (χ2n) is 9.61. The molecule has 4 heteroatoms. The Morgan fingerprint density at radius 3 is 2.00 bits per heavy atom. The molecule has 4 rings (SSSR count). The number of Topliss-reactive ketones (excluding diaryl/α,β-unsaturated/α-hetero) is 1. The normalized spacial score (nSPS) is 25.8. The molecule has 0 atom stereocenters. The molecule has 1 fully saturated rings. The molecule has 1 aromatic rings. The topological polar surface area (TPSA) is 63.6 Å². The quantitative estimate of drug-likeness (QED) is 0.686. The highest BCUT2D eigenvalue weighted by atomic mass is 16.5. The molecule has 0 heterocycles. The zero-order chi connectivity index (χ0) is 20.6. The minimum Gasteiger partial charge on any atom is -0.508 e. The number of carbonyl (C=O) groups excluding carboxylic acids is 2. The average Bonchev–Trinajstić information content (AvgIpc) is 2.66. The Morgan fingerprint density at radius 2 is 1.50 bits per heavy atom. The van der Waals surface area contributed by atoms with Crippen molar-refractivity contribution in [3.05, 3.63) is 34.6 Å². The summed E-state index contributed by atoms with van der Waals surface area (Å²) in [5, 5.41) is 9.95. The summed E-state index contributed by atoms with van der Waals surface area (Å²) in [6.07, 6.45) is 5.41. The van der Waals surface area contributed by atoms with Crippen LogP contribution in [-0.4, -0.2) is 16.9 Å². The van der Waals surface area contributed by atoms with Crippen LogP contribution in [0.25, 0.3) is 5.57 Å². The molecule has 0 radical (unpaired) electrons. The van der Waals surface area contributed by atoms with E-state index >= 15 is 0 Å². The van der Waals surface area contributed by atoms with Gasteiger partial charge in [-0.3, -0.25) is 9.59 Å². The van der Waals surface area contributed by atoms with Gasteiger partial charge in [-0.1, -0.05) is 0 Å². The van der Waals surface area contributed by atoms with Gasteiger partial charge in [-0.05, 0) is 101 Å². The predicted octanol–water partition coefficient (Wildman–Crippen LogP) is 5.48. The Bertz CT molecular complexity index is 794. The second kappa shape index (κ2) is 7.73. The maximum atomic E-state index is 13.4. The molecule has 0 spiro atoms. The fourth-order valence-corrected chi connectivity index (χ4v) is 4.50. The predicted molar refractivity (Wildman–Crippen MR) is 110 cm³/mol. The SMILES string of the molecule is Cc1cc(O)cc(C)c1/C1=C(\OC(=O)C(C)(C)C)CC2CCC(CC2)CC1=O. The number of ketones is 1. The van der Waals surface area contributed by atoms with Crippen LogP contribution in [0.1, 0.15) is 76.0 Å². The van der Waals surface area contributed by atoms with E-state index in [1.807, 2.05) is 34.6 Å². The molecule has 3 aliphatic rings. The molecule has 28 heavy (non-hydrogen) atoms. The first-order valence-corrected chi connectivity index (χ1v) is 10.4. The molecule has 0 saturated heterocycles. The highest BCUT2D eigenvalue weighted by molar-refractivity contribution is 6.22. The summed E-state index contributed by atoms with van der Waals surface area (Å²) >= 11 is 0. The Balaban J connectivity index is 2.18. The third-order valence-electron chi connectivity index (χ3n) is 6.07. The van der Waals surface area contributed by atoms with Crippen molar-refractivity contribution in [2.75, 3.05) is 0 Å². The van der Waals surface area contributed by atoms with Crippen molar-refractivity contribution < 1.29 is 19.4 Å². The largest absolute Gasteiger partial charge is 0.508 e. The van der Waals surface area contributed by atoms with Crippen LogP contribution in [0.4, 0.5) is 0 Å². The molecule has 0 unspecified atom stereocenters. The number of aromatic hydroxyl groups is 1. The van der Waals surface area contributed by atoms with Crippen LogP contribution >= 0.6 is 0 Å². The van der Waals surface area contributed by atoms with E-state index in [-0.39, 0.29) is 17.5 Å². The van der Waals surface area contributed by atoms with Crippen LogP contribution in [0.5, 0.6) is 5.75 Å². The summed E-state index contributed by atoms with van der Waals surface area (Å²) in [7, 11) is 0. The molecule has 152 valence electrons. The van der Waals surface area contributed by atoms with Crippen molar-refractivity contribution >= 4 is 17.3 Å². The number of rotatable bonds is 2. The number of allylic oxidation sites excluding steroid dienone is 2. The maximum Gasteiger partial charge on any atom is 0.316 e. The summed E-state index contributed by atoms with van der Waals surface area (Å²) in [6, 6.07) is 3.35. The monoisotopic (exact) mass is 384 g/mol. The van der Waals surface area contributed by atoms with Gasteiger partial charge >= 0.3 is 5.97 Å². The average molecular weight is 385 g/mol. The van der Waals surface area contributed by atoms with E-state index < -0.39 is 5.41 Å². The Morgan fingerprint density at radius 1 is 1.00 bits per heavy atom. The van der Waals surface area contributed by atoms with Crippen molar-refractivity contribution in [2.45, 2.75) is 73.1 Å². The number of carbonyl (C=O) groups is 2. The number of hydrogen-bond acceptors (Lipinski definition) is 4. The summed E-state index contributed by atoms with van der Waals surface area (Å²) < 4.78 is 5.93. The lowest BCUT2D eigenvalue weighted by Crippen LogP contribution is -2.24. The van der Waals surface area contributed by atoms with Crippen molar-refractivity contribution in [1.82, 2.24) is 0 Å². The summed E-state index contributed by atoms with van der Waals surface area (Å²) in [5.74, 6) is 1.31. The van der Waals surface area contributed by atoms with E-state index in [9.17, 15) is 14.7 Å². The molecule has 0 aromatic heterocycles. The van der Waals surface area contributed by atoms with Gasteiger partial charge in [0.1, 0.15) is 11.5 Å². The first-order valence-electron chi connectivity index (χ1n) is 10.4. The van der Waals surface area contributed by atoms with Gasteiger partial charge in [-0.25, -0.2) is 0 Å². The van der Waals surface area contributed by atoms with Gasteiger partial charge in [-0.15, -0.1) is 0 Å². The van der Waals surface area contributed by atoms with E-state index in [0.29, 0.717) is 36.0 Å². The van der Waals surface area contributed by atoms with E-state index in [2.05, 4.69) is 0 Å². The molecule has 1 N–H and O–H groups in total. The minimum atomic E-state index is -0.642. The van der Waals surface area contributed by atoms with Gasteiger partial charge in [0.2, 0.25) is 0 Å². The van der Waals surface area contributed by atoms with E-state index in [4.69, 9.17) is 4.74 Å². The Kier molecular flexibility index (Phi) is 5.69. The Hall–Kier alpha value is -2.10. The molecular formula is C24H32O4. The van der Waals surface area contributed by atoms with Crippen LogP contribution in [0.2, 0.25) is 0 Å². The molecular weight excluding hydrogens is 352 g/mol. The third-order valence-corrected chi connectivity index (χ3v) is 6.07. The highest BCUT2D eigenvalue weighted by Crippen LogP contribution is 2.42. The number of hydrogen-bond donors (Lipinski definition) is 1. The van der Waals surface area contributed by atoms with Gasteiger partial charge in [0.25, 0.3) is 0 Å². The summed E-state index contributed by atoms with van der Waals surface area (Å²) in [4.78, 5) is 26.1. The van der Waals surface area contributed by atoms with Gasteiger partial charge in [0, 0.05) is 12.8 Å². The highest BCUT2D eigenvalue weighted by Gasteiger charge is 2.34. The number of esters is 1. The third kappa shape index (κ3) is 4.31. The van der Waals surface area contributed by atoms with E-state index in [1.54, 1.807) is 12.1 Å². The lowest BCUT2D eigenvalue weighted by Gasteiger charge is -2.27. The first kappa shape index (κ1) is 20.6. The van der Waals surface area contributed by atoms with Gasteiger partial charge in [0.15, 0.2) is 5.78 Å². The van der Waals surface area contributed by atoms with E-state index in [0.717, 1.165) is 42.4 Å². The first-order chi connectivity index (χ1) is 13.1. The fourth-order valence-electron chi connectivity index (χ4n) is 4.50. The summed E-state index contributed by atoms with van der Waals surface area (Å²) in [6.45, 7) is 9.28. The zero-order valence-electron chi connectivity index (χ0n) is 17.7. The lowest BCUT2D eigenvalue weighted by molar-refractivity contribution is -0.148. The molecule has 1 aromatic carbocycles. The van der Waals surface area contributed by atoms with Gasteiger partial charge in [-0.2, -0.15) is 0 Å². The number of ether oxygens (including phenoxy) is 1. The van der Waals surface area contributed by atoms with E-state index in [1.165, 1.54) is 0 Å². The number of phenolic OH excluding ortho intramolecular Hbond substituents is 1. The van der Waals surface area contributed by atoms with Crippen molar-refractivity contribution in [2.24, 2.45) is 17.3 Å². The smallest absolute Gasteiger partial charge is 0.316 e. The van der Waals surface area contributed by atoms with Crippen molar-refractivity contribution in [3.63, 3.8) is 0 Å². The molecule has 3 aliphatic carbocycles. The van der Waals surface area contributed by atoms with Gasteiger partial charge in [0.05, 0.1) is 11.0 Å². The maximum absolute atomic E-state index is 13.4. The standard InChI is InChI=1S/C24H32O4/c1-14-10-18(25)11-15(2)21(14)22-19(26)12-16-6-8-17(9-7-16)13-20(22)28-23(27)24(3,4)5/h10-11,16-17,25H,6-9,12-13H2,1-5H3/b22-20-. The molecule has 1 saturated carbocycles.